The van der Waals surface area contributed by atoms with Crippen LogP contribution in [0.25, 0.3) is 0 Å². The fourth-order valence-corrected chi connectivity index (χ4v) is 3.90. The van der Waals surface area contributed by atoms with Crippen molar-refractivity contribution in [3.8, 4) is 0 Å². The van der Waals surface area contributed by atoms with E-state index in [0.29, 0.717) is 12.3 Å². The molecule has 0 bridgehead atoms. The van der Waals surface area contributed by atoms with Crippen LogP contribution in [0, 0.1) is 5.92 Å². The molecule has 0 aliphatic rings. The quantitative estimate of drug-likeness (QED) is 0.155. The molecular formula is C20H44KO4P. The Labute approximate surface area is 205 Å². The number of unbranched alkanes of at least 4 members (excludes halogenated alkanes) is 12. The monoisotopic (exact) mass is 418 g/mol. The molecule has 0 saturated heterocycles. The van der Waals surface area contributed by atoms with Gasteiger partial charge in [0.15, 0.2) is 0 Å². The SMILES string of the molecule is CCCCCCCCCCCCCCCC(CC(C)C)OP(=O)(O)O.[KH]. The Bertz CT molecular complexity index is 334. The molecule has 0 rings (SSSR count). The van der Waals surface area contributed by atoms with Gasteiger partial charge in [-0.05, 0) is 18.8 Å². The maximum absolute atomic E-state index is 11.0. The van der Waals surface area contributed by atoms with E-state index < -0.39 is 7.82 Å². The summed E-state index contributed by atoms with van der Waals surface area (Å²) in [6, 6.07) is 0. The van der Waals surface area contributed by atoms with E-state index in [1.54, 1.807) is 0 Å². The van der Waals surface area contributed by atoms with Crippen molar-refractivity contribution in [2.75, 3.05) is 0 Å². The predicted molar refractivity (Wildman–Crippen MR) is 114 cm³/mol. The average molecular weight is 419 g/mol. The van der Waals surface area contributed by atoms with E-state index in [0.717, 1.165) is 19.3 Å². The molecule has 154 valence electrons. The summed E-state index contributed by atoms with van der Waals surface area (Å²) in [4.78, 5) is 18.0. The molecular weight excluding hydrogens is 374 g/mol. The first-order valence-corrected chi connectivity index (χ1v) is 12.1. The fourth-order valence-electron chi connectivity index (χ4n) is 3.32. The molecule has 4 nitrogen and oxygen atoms in total. The van der Waals surface area contributed by atoms with Crippen LogP contribution in [0.15, 0.2) is 0 Å². The van der Waals surface area contributed by atoms with Crippen LogP contribution in [0.1, 0.15) is 117 Å². The predicted octanol–water partition coefficient (Wildman–Crippen LogP) is 6.34. The molecule has 2 N–H and O–H groups in total. The summed E-state index contributed by atoms with van der Waals surface area (Å²) in [6.07, 6.45) is 18.1. The zero-order valence-corrected chi connectivity index (χ0v) is 17.8. The Morgan fingerprint density at radius 2 is 1.15 bits per heavy atom. The van der Waals surface area contributed by atoms with Crippen LogP contribution in [0.2, 0.25) is 0 Å². The molecule has 0 amide bonds. The summed E-state index contributed by atoms with van der Waals surface area (Å²) in [5.41, 5.74) is 0. The van der Waals surface area contributed by atoms with Gasteiger partial charge in [-0.2, -0.15) is 0 Å². The van der Waals surface area contributed by atoms with Gasteiger partial charge >= 0.3 is 59.2 Å². The third kappa shape index (κ3) is 23.8. The Kier molecular flexibility index (Phi) is 23.1. The molecule has 0 fully saturated rings. The van der Waals surface area contributed by atoms with E-state index in [2.05, 4.69) is 20.8 Å². The second-order valence-electron chi connectivity index (χ2n) is 7.88. The van der Waals surface area contributed by atoms with Gasteiger partial charge in [0.05, 0.1) is 6.10 Å². The van der Waals surface area contributed by atoms with Crippen molar-refractivity contribution in [3.05, 3.63) is 0 Å². The van der Waals surface area contributed by atoms with Gasteiger partial charge in [-0.15, -0.1) is 0 Å². The molecule has 0 radical (unpaired) electrons. The summed E-state index contributed by atoms with van der Waals surface area (Å²) in [5.74, 6) is 0.388. The van der Waals surface area contributed by atoms with Gasteiger partial charge in [0, 0.05) is 0 Å². The topological polar surface area (TPSA) is 66.8 Å². The molecule has 0 saturated carbocycles. The van der Waals surface area contributed by atoms with Crippen LogP contribution in [-0.4, -0.2) is 67.3 Å². The van der Waals surface area contributed by atoms with Crippen LogP contribution >= 0.6 is 7.82 Å². The molecule has 0 aliphatic carbocycles. The van der Waals surface area contributed by atoms with Crippen molar-refractivity contribution in [1.29, 1.82) is 0 Å². The molecule has 0 spiro atoms. The third-order valence-corrected chi connectivity index (χ3v) is 5.22. The Hall–Kier alpha value is 1.75. The van der Waals surface area contributed by atoms with Crippen LogP contribution in [-0.2, 0) is 9.09 Å². The van der Waals surface area contributed by atoms with Gasteiger partial charge in [0.2, 0.25) is 0 Å². The van der Waals surface area contributed by atoms with Crippen molar-refractivity contribution in [2.45, 2.75) is 123 Å². The number of phosphoric acid groups is 1. The summed E-state index contributed by atoms with van der Waals surface area (Å²) >= 11 is 0. The van der Waals surface area contributed by atoms with Gasteiger partial charge in [0.25, 0.3) is 0 Å². The first-order chi connectivity index (χ1) is 11.8. The zero-order valence-electron chi connectivity index (χ0n) is 16.9. The first kappa shape index (κ1) is 29.9. The molecule has 26 heavy (non-hydrogen) atoms. The Morgan fingerprint density at radius 3 is 1.50 bits per heavy atom. The van der Waals surface area contributed by atoms with E-state index in [9.17, 15) is 4.57 Å². The molecule has 1 unspecified atom stereocenters. The number of phosphoric ester groups is 1. The molecule has 0 heterocycles. The van der Waals surface area contributed by atoms with Crippen molar-refractivity contribution in [1.82, 2.24) is 0 Å². The molecule has 6 heteroatoms. The summed E-state index contributed by atoms with van der Waals surface area (Å²) < 4.78 is 16.0. The van der Waals surface area contributed by atoms with Crippen molar-refractivity contribution < 1.29 is 18.9 Å². The zero-order chi connectivity index (χ0) is 19.0. The van der Waals surface area contributed by atoms with E-state index >= 15 is 0 Å². The molecule has 0 aromatic heterocycles. The average Bonchev–Trinajstić information content (AvgIpc) is 2.49. The summed E-state index contributed by atoms with van der Waals surface area (Å²) in [7, 11) is -4.36. The van der Waals surface area contributed by atoms with Gasteiger partial charge in [0.1, 0.15) is 0 Å². The second-order valence-corrected chi connectivity index (χ2v) is 9.07. The van der Waals surface area contributed by atoms with Gasteiger partial charge in [-0.1, -0.05) is 104 Å². The molecule has 0 aromatic carbocycles. The standard InChI is InChI=1S/C20H43O4P.K.H/c1-4-5-6-7-8-9-10-11-12-13-14-15-16-17-20(18-19(2)3)24-25(21,22)23;;/h19-20H,4-18H2,1-3H3,(H2,21,22,23);;. The van der Waals surface area contributed by atoms with E-state index in [1.165, 1.54) is 70.6 Å². The number of rotatable bonds is 18. The Balaban J connectivity index is 0. The molecule has 1 atom stereocenters. The molecule has 0 aromatic rings. The Morgan fingerprint density at radius 1 is 0.769 bits per heavy atom. The van der Waals surface area contributed by atoms with E-state index in [4.69, 9.17) is 14.3 Å². The van der Waals surface area contributed by atoms with Crippen molar-refractivity contribution in [2.24, 2.45) is 5.92 Å². The second kappa shape index (κ2) is 20.0. The first-order valence-electron chi connectivity index (χ1n) is 10.6. The third-order valence-electron chi connectivity index (χ3n) is 4.65. The normalized spacial score (nSPS) is 13.0. The minimum absolute atomic E-state index is 0. The van der Waals surface area contributed by atoms with Crippen LogP contribution in [0.4, 0.5) is 0 Å². The van der Waals surface area contributed by atoms with Crippen LogP contribution < -0.4 is 0 Å². The fraction of sp³-hybridized carbons (Fsp3) is 1.00. The van der Waals surface area contributed by atoms with Crippen molar-refractivity contribution in [3.63, 3.8) is 0 Å². The number of hydrogen-bond donors (Lipinski definition) is 2. The van der Waals surface area contributed by atoms with E-state index in [1.807, 2.05) is 0 Å². The van der Waals surface area contributed by atoms with E-state index in [-0.39, 0.29) is 57.5 Å². The van der Waals surface area contributed by atoms with Gasteiger partial charge in [-0.3, -0.25) is 4.52 Å². The summed E-state index contributed by atoms with van der Waals surface area (Å²) in [6.45, 7) is 6.37. The van der Waals surface area contributed by atoms with Crippen molar-refractivity contribution >= 4 is 59.2 Å². The van der Waals surface area contributed by atoms with Gasteiger partial charge in [-0.25, -0.2) is 4.57 Å². The minimum atomic E-state index is -4.36. The maximum atomic E-state index is 11.0. The van der Waals surface area contributed by atoms with Crippen LogP contribution in [0.5, 0.6) is 0 Å². The number of hydrogen-bond acceptors (Lipinski definition) is 2. The van der Waals surface area contributed by atoms with Crippen LogP contribution in [0.3, 0.4) is 0 Å². The molecule has 0 aliphatic heterocycles. The van der Waals surface area contributed by atoms with Gasteiger partial charge < -0.3 is 9.79 Å². The summed E-state index contributed by atoms with van der Waals surface area (Å²) in [5, 5.41) is 0.